The summed E-state index contributed by atoms with van der Waals surface area (Å²) in [5.41, 5.74) is 9.22. The normalized spacial score (nSPS) is 10.3. The molecule has 0 heterocycles. The lowest BCUT2D eigenvalue weighted by Crippen LogP contribution is -1.94. The second kappa shape index (κ2) is 5.76. The molecule has 0 bridgehead atoms. The molecule has 0 atom stereocenters. The zero-order valence-electron chi connectivity index (χ0n) is 10.1. The molecular formula is C14H15ClN2O. The molecule has 2 aromatic carbocycles. The molecule has 0 fully saturated rings. The highest BCUT2D eigenvalue weighted by Crippen LogP contribution is 2.27. The van der Waals surface area contributed by atoms with Crippen molar-refractivity contribution in [1.82, 2.24) is 0 Å². The van der Waals surface area contributed by atoms with E-state index in [0.29, 0.717) is 17.3 Å². The molecule has 2 aromatic rings. The van der Waals surface area contributed by atoms with E-state index in [1.54, 1.807) is 13.2 Å². The summed E-state index contributed by atoms with van der Waals surface area (Å²) >= 11 is 6.11. The Balaban J connectivity index is 2.20. The van der Waals surface area contributed by atoms with Gasteiger partial charge in [0.1, 0.15) is 0 Å². The summed E-state index contributed by atoms with van der Waals surface area (Å²) in [5, 5.41) is 3.86. The largest absolute Gasteiger partial charge is 0.399 e. The fourth-order valence-electron chi connectivity index (χ4n) is 1.69. The van der Waals surface area contributed by atoms with Gasteiger partial charge in [0.15, 0.2) is 0 Å². The average Bonchev–Trinajstić information content (AvgIpc) is 2.34. The molecule has 0 aliphatic heterocycles. The van der Waals surface area contributed by atoms with Gasteiger partial charge in [0.05, 0.1) is 17.3 Å². The Bertz CT molecular complexity index is 543. The molecular weight excluding hydrogens is 248 g/mol. The summed E-state index contributed by atoms with van der Waals surface area (Å²) in [6.07, 6.45) is 0. The van der Waals surface area contributed by atoms with E-state index >= 15 is 0 Å². The molecule has 0 saturated carbocycles. The van der Waals surface area contributed by atoms with Crippen LogP contribution in [0.5, 0.6) is 0 Å². The highest BCUT2D eigenvalue weighted by molar-refractivity contribution is 6.33. The van der Waals surface area contributed by atoms with Gasteiger partial charge in [0, 0.05) is 18.5 Å². The fraction of sp³-hybridized carbons (Fsp3) is 0.143. The molecule has 0 aliphatic carbocycles. The Morgan fingerprint density at radius 1 is 1.22 bits per heavy atom. The van der Waals surface area contributed by atoms with Gasteiger partial charge in [0.25, 0.3) is 0 Å². The van der Waals surface area contributed by atoms with Crippen molar-refractivity contribution < 1.29 is 4.74 Å². The number of nitrogens with two attached hydrogens (primary N) is 1. The van der Waals surface area contributed by atoms with Crippen LogP contribution in [0, 0.1) is 0 Å². The van der Waals surface area contributed by atoms with Crippen LogP contribution >= 0.6 is 11.6 Å². The van der Waals surface area contributed by atoms with Crippen LogP contribution in [0.15, 0.2) is 42.5 Å². The van der Waals surface area contributed by atoms with Crippen molar-refractivity contribution in [2.24, 2.45) is 0 Å². The fourth-order valence-corrected chi connectivity index (χ4v) is 1.93. The lowest BCUT2D eigenvalue weighted by Gasteiger charge is -2.10. The third-order valence-electron chi connectivity index (χ3n) is 2.51. The number of benzene rings is 2. The van der Waals surface area contributed by atoms with Crippen molar-refractivity contribution in [2.45, 2.75) is 6.61 Å². The van der Waals surface area contributed by atoms with Gasteiger partial charge in [-0.3, -0.25) is 0 Å². The Morgan fingerprint density at radius 2 is 2.06 bits per heavy atom. The van der Waals surface area contributed by atoms with E-state index in [9.17, 15) is 0 Å². The number of ether oxygens (including phenoxy) is 1. The molecule has 0 radical (unpaired) electrons. The minimum Gasteiger partial charge on any atom is -0.399 e. The third kappa shape index (κ3) is 3.15. The maximum Gasteiger partial charge on any atom is 0.0713 e. The van der Waals surface area contributed by atoms with Gasteiger partial charge < -0.3 is 15.8 Å². The first-order chi connectivity index (χ1) is 8.69. The molecule has 0 aliphatic rings. The maximum atomic E-state index is 6.11. The zero-order valence-corrected chi connectivity index (χ0v) is 10.9. The molecule has 4 heteroatoms. The number of hydrogen-bond acceptors (Lipinski definition) is 3. The summed E-state index contributed by atoms with van der Waals surface area (Å²) in [6, 6.07) is 13.4. The predicted molar refractivity (Wildman–Crippen MR) is 76.3 cm³/mol. The van der Waals surface area contributed by atoms with Gasteiger partial charge in [-0.15, -0.1) is 0 Å². The number of hydrogen-bond donors (Lipinski definition) is 2. The topological polar surface area (TPSA) is 47.3 Å². The van der Waals surface area contributed by atoms with Crippen LogP contribution in [0.2, 0.25) is 5.02 Å². The number of anilines is 3. The summed E-state index contributed by atoms with van der Waals surface area (Å²) in [4.78, 5) is 0. The van der Waals surface area contributed by atoms with Gasteiger partial charge in [-0.1, -0.05) is 23.7 Å². The van der Waals surface area contributed by atoms with Crippen LogP contribution in [-0.4, -0.2) is 7.11 Å². The van der Waals surface area contributed by atoms with Crippen LogP contribution in [0.25, 0.3) is 0 Å². The van der Waals surface area contributed by atoms with Crippen molar-refractivity contribution in [3.8, 4) is 0 Å². The van der Waals surface area contributed by atoms with Crippen LogP contribution in [0.1, 0.15) is 5.56 Å². The molecule has 94 valence electrons. The number of methoxy groups -OCH3 is 1. The molecule has 0 unspecified atom stereocenters. The second-order valence-corrected chi connectivity index (χ2v) is 4.40. The Labute approximate surface area is 112 Å². The molecule has 0 spiro atoms. The van der Waals surface area contributed by atoms with Gasteiger partial charge in [-0.2, -0.15) is 0 Å². The van der Waals surface area contributed by atoms with Gasteiger partial charge >= 0.3 is 0 Å². The van der Waals surface area contributed by atoms with Crippen molar-refractivity contribution in [2.75, 3.05) is 18.2 Å². The van der Waals surface area contributed by atoms with E-state index in [2.05, 4.69) is 5.32 Å². The minimum absolute atomic E-state index is 0.588. The molecule has 0 aromatic heterocycles. The molecule has 18 heavy (non-hydrogen) atoms. The average molecular weight is 263 g/mol. The third-order valence-corrected chi connectivity index (χ3v) is 2.82. The van der Waals surface area contributed by atoms with Gasteiger partial charge in [-0.25, -0.2) is 0 Å². The van der Waals surface area contributed by atoms with Gasteiger partial charge in [-0.05, 0) is 35.9 Å². The van der Waals surface area contributed by atoms with E-state index < -0.39 is 0 Å². The van der Waals surface area contributed by atoms with Crippen molar-refractivity contribution in [1.29, 1.82) is 0 Å². The monoisotopic (exact) mass is 262 g/mol. The lowest BCUT2D eigenvalue weighted by atomic mass is 10.2. The van der Waals surface area contributed by atoms with E-state index in [1.807, 2.05) is 36.4 Å². The number of nitrogens with one attached hydrogen (secondary N) is 1. The van der Waals surface area contributed by atoms with E-state index in [0.717, 1.165) is 16.9 Å². The Kier molecular flexibility index (Phi) is 4.07. The second-order valence-electron chi connectivity index (χ2n) is 4.00. The van der Waals surface area contributed by atoms with Crippen LogP contribution in [-0.2, 0) is 11.3 Å². The molecule has 0 saturated heterocycles. The number of nitrogen functional groups attached to an aromatic ring is 1. The van der Waals surface area contributed by atoms with E-state index in [-0.39, 0.29) is 0 Å². The van der Waals surface area contributed by atoms with Crippen LogP contribution in [0.4, 0.5) is 17.1 Å². The van der Waals surface area contributed by atoms with Gasteiger partial charge in [0.2, 0.25) is 0 Å². The number of rotatable bonds is 4. The van der Waals surface area contributed by atoms with Crippen LogP contribution in [0.3, 0.4) is 0 Å². The highest BCUT2D eigenvalue weighted by Gasteiger charge is 2.02. The highest BCUT2D eigenvalue weighted by atomic mass is 35.5. The molecule has 0 amide bonds. The van der Waals surface area contributed by atoms with E-state index in [1.165, 1.54) is 0 Å². The summed E-state index contributed by atoms with van der Waals surface area (Å²) < 4.78 is 5.10. The Hall–Kier alpha value is -1.71. The maximum absolute atomic E-state index is 6.11. The van der Waals surface area contributed by atoms with Crippen molar-refractivity contribution >= 4 is 28.7 Å². The number of halogens is 1. The minimum atomic E-state index is 0.588. The first-order valence-corrected chi connectivity index (χ1v) is 5.97. The molecule has 3 nitrogen and oxygen atoms in total. The quantitative estimate of drug-likeness (QED) is 0.824. The summed E-state index contributed by atoms with van der Waals surface area (Å²) in [5.74, 6) is 0. The summed E-state index contributed by atoms with van der Waals surface area (Å²) in [7, 11) is 1.68. The lowest BCUT2D eigenvalue weighted by molar-refractivity contribution is 0.185. The first kappa shape index (κ1) is 12.7. The Morgan fingerprint density at radius 3 is 2.78 bits per heavy atom. The van der Waals surface area contributed by atoms with Crippen molar-refractivity contribution in [3.05, 3.63) is 53.1 Å². The smallest absolute Gasteiger partial charge is 0.0713 e. The predicted octanol–water partition coefficient (Wildman–Crippen LogP) is 3.81. The molecule has 3 N–H and O–H groups in total. The summed E-state index contributed by atoms with van der Waals surface area (Å²) in [6.45, 7) is 0.588. The SMILES string of the molecule is COCc1cccc(Nc2ccc(N)cc2Cl)c1. The molecule has 2 rings (SSSR count). The first-order valence-electron chi connectivity index (χ1n) is 5.59. The van der Waals surface area contributed by atoms with Crippen LogP contribution < -0.4 is 11.1 Å². The van der Waals surface area contributed by atoms with Crippen molar-refractivity contribution in [3.63, 3.8) is 0 Å². The van der Waals surface area contributed by atoms with E-state index in [4.69, 9.17) is 22.1 Å². The standard InChI is InChI=1S/C14H15ClN2O/c1-18-9-10-3-2-4-12(7-10)17-14-6-5-11(16)8-13(14)15/h2-8,17H,9,16H2,1H3. The zero-order chi connectivity index (χ0) is 13.0.